The molecule has 28 heavy (non-hydrogen) atoms. The summed E-state index contributed by atoms with van der Waals surface area (Å²) in [5.41, 5.74) is 1.07. The van der Waals surface area contributed by atoms with E-state index in [1.165, 1.54) is 12.1 Å². The molecule has 3 N–H and O–H groups in total. The van der Waals surface area contributed by atoms with Crippen molar-refractivity contribution in [3.05, 3.63) is 74.8 Å². The Bertz CT molecular complexity index is 1060. The van der Waals surface area contributed by atoms with Crippen LogP contribution in [-0.2, 0) is 13.5 Å². The number of nitrogens with zero attached hydrogens (tertiary/aromatic N) is 3. The van der Waals surface area contributed by atoms with Gasteiger partial charge in [0.05, 0.1) is 4.92 Å². The lowest BCUT2D eigenvalue weighted by atomic mass is 10.1. The molecular formula is C18H18N6O3S. The summed E-state index contributed by atoms with van der Waals surface area (Å²) in [6, 6.07) is 13.4. The van der Waals surface area contributed by atoms with Crippen LogP contribution in [0.5, 0.6) is 0 Å². The highest BCUT2D eigenvalue weighted by atomic mass is 32.1. The minimum atomic E-state index is -0.517. The van der Waals surface area contributed by atoms with Gasteiger partial charge in [0.2, 0.25) is 0 Å². The molecule has 0 saturated heterocycles. The summed E-state index contributed by atoms with van der Waals surface area (Å²) < 4.78 is 2.22. The largest absolute Gasteiger partial charge is 0.352 e. The zero-order valence-electron chi connectivity index (χ0n) is 15.0. The fourth-order valence-electron chi connectivity index (χ4n) is 2.60. The predicted molar refractivity (Wildman–Crippen MR) is 107 cm³/mol. The van der Waals surface area contributed by atoms with Crippen molar-refractivity contribution in [2.24, 2.45) is 7.05 Å². The van der Waals surface area contributed by atoms with Crippen molar-refractivity contribution in [2.75, 3.05) is 11.9 Å². The third-order valence-electron chi connectivity index (χ3n) is 4.12. The Balaban J connectivity index is 1.70. The summed E-state index contributed by atoms with van der Waals surface area (Å²) >= 11 is 5.04. The Morgan fingerprint density at radius 1 is 1.29 bits per heavy atom. The molecule has 3 aromatic rings. The topological polar surface area (TPSA) is 118 Å². The zero-order chi connectivity index (χ0) is 20.1. The van der Waals surface area contributed by atoms with Crippen molar-refractivity contribution in [3.63, 3.8) is 0 Å². The van der Waals surface area contributed by atoms with Crippen LogP contribution in [-0.4, -0.2) is 32.1 Å². The number of H-pyrrole nitrogens is 1. The Labute approximate surface area is 165 Å². The van der Waals surface area contributed by atoms with Gasteiger partial charge in [-0.2, -0.15) is 5.10 Å². The van der Waals surface area contributed by atoms with E-state index in [9.17, 15) is 14.9 Å². The molecule has 9 nitrogen and oxygen atoms in total. The second-order valence-electron chi connectivity index (χ2n) is 5.99. The van der Waals surface area contributed by atoms with E-state index in [4.69, 9.17) is 12.2 Å². The number of carbonyl (C=O) groups is 1. The van der Waals surface area contributed by atoms with Crippen molar-refractivity contribution in [1.82, 2.24) is 20.1 Å². The van der Waals surface area contributed by atoms with Crippen LogP contribution in [0.3, 0.4) is 0 Å². The molecule has 0 atom stereocenters. The normalized spacial score (nSPS) is 10.5. The molecule has 0 aliphatic rings. The molecule has 10 heteroatoms. The molecule has 0 bridgehead atoms. The number of amides is 1. The van der Waals surface area contributed by atoms with E-state index >= 15 is 0 Å². The summed E-state index contributed by atoms with van der Waals surface area (Å²) in [5, 5.41) is 23.9. The molecule has 0 aliphatic carbocycles. The lowest BCUT2D eigenvalue weighted by Gasteiger charge is -2.09. The van der Waals surface area contributed by atoms with Gasteiger partial charge < -0.3 is 15.2 Å². The van der Waals surface area contributed by atoms with E-state index in [2.05, 4.69) is 20.8 Å². The maximum absolute atomic E-state index is 12.4. The molecule has 1 amide bonds. The Hall–Kier alpha value is -3.53. The molecule has 0 saturated carbocycles. The van der Waals surface area contributed by atoms with E-state index < -0.39 is 10.8 Å². The SMILES string of the molecule is Cn1c(CCNC(=O)c2ccc(Nc3ccccc3)c([N+](=O)[O-])c2)n[nH]c1=S. The number of rotatable bonds is 7. The van der Waals surface area contributed by atoms with Gasteiger partial charge in [-0.05, 0) is 36.5 Å². The first kappa shape index (κ1) is 19.2. The van der Waals surface area contributed by atoms with Gasteiger partial charge in [-0.3, -0.25) is 20.0 Å². The molecule has 0 aliphatic heterocycles. The lowest BCUT2D eigenvalue weighted by Crippen LogP contribution is -2.26. The summed E-state index contributed by atoms with van der Waals surface area (Å²) in [7, 11) is 1.78. The molecule has 3 rings (SSSR count). The summed E-state index contributed by atoms with van der Waals surface area (Å²) in [6.07, 6.45) is 0.477. The van der Waals surface area contributed by atoms with Gasteiger partial charge in [0.1, 0.15) is 11.5 Å². The molecular weight excluding hydrogens is 380 g/mol. The first-order valence-corrected chi connectivity index (χ1v) is 8.85. The standard InChI is InChI=1S/C18H18N6O3S/c1-23-16(21-22-18(23)28)9-10-19-17(25)12-7-8-14(15(11-12)24(26)27)20-13-5-3-2-4-6-13/h2-8,11,20H,9-10H2,1H3,(H,19,25)(H,22,28). The van der Waals surface area contributed by atoms with E-state index in [0.29, 0.717) is 29.2 Å². The minimum Gasteiger partial charge on any atom is -0.352 e. The van der Waals surface area contributed by atoms with Crippen molar-refractivity contribution < 1.29 is 9.72 Å². The highest BCUT2D eigenvalue weighted by Crippen LogP contribution is 2.28. The van der Waals surface area contributed by atoms with Gasteiger partial charge in [0.15, 0.2) is 4.77 Å². The van der Waals surface area contributed by atoms with E-state index in [1.54, 1.807) is 29.8 Å². The summed E-state index contributed by atoms with van der Waals surface area (Å²) in [4.78, 5) is 23.3. The van der Waals surface area contributed by atoms with Crippen LogP contribution < -0.4 is 10.6 Å². The number of carbonyl (C=O) groups excluding carboxylic acids is 1. The third kappa shape index (κ3) is 4.41. The Morgan fingerprint density at radius 2 is 2.04 bits per heavy atom. The number of aromatic amines is 1. The molecule has 1 heterocycles. The Kier molecular flexibility index (Phi) is 5.80. The quantitative estimate of drug-likeness (QED) is 0.320. The van der Waals surface area contributed by atoms with Gasteiger partial charge in [-0.25, -0.2) is 0 Å². The van der Waals surface area contributed by atoms with Crippen LogP contribution >= 0.6 is 12.2 Å². The second kappa shape index (κ2) is 8.44. The lowest BCUT2D eigenvalue weighted by molar-refractivity contribution is -0.383. The van der Waals surface area contributed by atoms with Crippen LogP contribution in [0.4, 0.5) is 17.1 Å². The first-order chi connectivity index (χ1) is 13.5. The number of nitro groups is 1. The van der Waals surface area contributed by atoms with Gasteiger partial charge >= 0.3 is 0 Å². The predicted octanol–water partition coefficient (Wildman–Crippen LogP) is 3.10. The summed E-state index contributed by atoms with van der Waals surface area (Å²) in [5.74, 6) is 0.310. The average molecular weight is 398 g/mol. The number of anilines is 2. The van der Waals surface area contributed by atoms with Crippen LogP contribution in [0.15, 0.2) is 48.5 Å². The zero-order valence-corrected chi connectivity index (χ0v) is 15.8. The minimum absolute atomic E-state index is 0.175. The van der Waals surface area contributed by atoms with Gasteiger partial charge in [-0.1, -0.05) is 18.2 Å². The van der Waals surface area contributed by atoms with Crippen molar-refractivity contribution in [2.45, 2.75) is 6.42 Å². The number of hydrogen-bond acceptors (Lipinski definition) is 6. The van der Waals surface area contributed by atoms with E-state index in [0.717, 1.165) is 5.69 Å². The molecule has 0 fully saturated rings. The van der Waals surface area contributed by atoms with E-state index in [1.807, 2.05) is 18.2 Å². The van der Waals surface area contributed by atoms with Crippen LogP contribution in [0.2, 0.25) is 0 Å². The fourth-order valence-corrected chi connectivity index (χ4v) is 2.75. The van der Waals surface area contributed by atoms with E-state index in [-0.39, 0.29) is 11.3 Å². The highest BCUT2D eigenvalue weighted by Gasteiger charge is 2.18. The number of aromatic nitrogens is 3. The number of para-hydroxylation sites is 1. The van der Waals surface area contributed by atoms with Crippen molar-refractivity contribution in [3.8, 4) is 0 Å². The molecule has 0 unspecified atom stereocenters. The number of nitrogens with one attached hydrogen (secondary N) is 3. The molecule has 2 aromatic carbocycles. The molecule has 144 valence electrons. The maximum atomic E-state index is 12.4. The number of benzene rings is 2. The number of nitro benzene ring substituents is 1. The monoisotopic (exact) mass is 398 g/mol. The van der Waals surface area contributed by atoms with Gasteiger partial charge in [0, 0.05) is 37.3 Å². The van der Waals surface area contributed by atoms with Crippen LogP contribution in [0, 0.1) is 14.9 Å². The number of hydrogen-bond donors (Lipinski definition) is 3. The van der Waals surface area contributed by atoms with Crippen LogP contribution in [0.1, 0.15) is 16.2 Å². The van der Waals surface area contributed by atoms with Gasteiger partial charge in [-0.15, -0.1) is 0 Å². The summed E-state index contributed by atoms with van der Waals surface area (Å²) in [6.45, 7) is 0.324. The third-order valence-corrected chi connectivity index (χ3v) is 4.48. The molecule has 0 radical (unpaired) electrons. The molecule has 1 aromatic heterocycles. The maximum Gasteiger partial charge on any atom is 0.293 e. The highest BCUT2D eigenvalue weighted by molar-refractivity contribution is 7.71. The Morgan fingerprint density at radius 3 is 2.68 bits per heavy atom. The van der Waals surface area contributed by atoms with Crippen molar-refractivity contribution in [1.29, 1.82) is 0 Å². The van der Waals surface area contributed by atoms with Crippen molar-refractivity contribution >= 4 is 35.2 Å². The first-order valence-electron chi connectivity index (χ1n) is 8.44. The molecule has 0 spiro atoms. The van der Waals surface area contributed by atoms with Gasteiger partial charge in [0.25, 0.3) is 11.6 Å². The second-order valence-corrected chi connectivity index (χ2v) is 6.38. The fraction of sp³-hybridized carbons (Fsp3) is 0.167. The smallest absolute Gasteiger partial charge is 0.293 e. The van der Waals surface area contributed by atoms with Crippen LogP contribution in [0.25, 0.3) is 0 Å². The average Bonchev–Trinajstić information content (AvgIpc) is 3.01.